The zero-order chi connectivity index (χ0) is 23.0. The first-order chi connectivity index (χ1) is 15.6. The maximum absolute atomic E-state index is 14.3. The molecule has 0 N–H and O–H groups in total. The molecule has 32 heavy (non-hydrogen) atoms. The fraction of sp³-hybridized carbons (Fsp3) is 0.517. The van der Waals surface area contributed by atoms with Gasteiger partial charge in [0.1, 0.15) is 18.2 Å². The van der Waals surface area contributed by atoms with Crippen LogP contribution in [0.3, 0.4) is 0 Å². The largest absolute Gasteiger partial charge is 0.489 e. The second-order valence-corrected chi connectivity index (χ2v) is 8.68. The third-order valence-corrected chi connectivity index (χ3v) is 5.84. The van der Waals surface area contributed by atoms with E-state index in [0.29, 0.717) is 18.8 Å². The molecule has 0 radical (unpaired) electrons. The van der Waals surface area contributed by atoms with E-state index in [1.54, 1.807) is 24.3 Å². The Bertz CT molecular complexity index is 778. The SMILES string of the molecule is CCCCCCC/C(F)=C(\F)c1ccc(OCc2ccc(CCCCCCC)cc2)cc1. The van der Waals surface area contributed by atoms with Crippen molar-refractivity contribution in [2.24, 2.45) is 0 Å². The fourth-order valence-corrected chi connectivity index (χ4v) is 3.75. The van der Waals surface area contributed by atoms with E-state index in [1.165, 1.54) is 37.7 Å². The quantitative estimate of drug-likeness (QED) is 0.235. The van der Waals surface area contributed by atoms with Crippen LogP contribution in [0.1, 0.15) is 101 Å². The standard InChI is InChI=1S/C29H40F2O/c1-3-5-7-9-11-13-24-15-17-25(18-16-24)23-32-27-21-19-26(20-22-27)29(31)28(30)14-12-10-8-6-4-2/h15-22H,3-14,23H2,1-2H3/b29-28+. The summed E-state index contributed by atoms with van der Waals surface area (Å²) in [5.74, 6) is -0.750. The number of ether oxygens (including phenoxy) is 1. The monoisotopic (exact) mass is 442 g/mol. The van der Waals surface area contributed by atoms with E-state index in [1.807, 2.05) is 0 Å². The van der Waals surface area contributed by atoms with Crippen LogP contribution >= 0.6 is 0 Å². The topological polar surface area (TPSA) is 9.23 Å². The molecule has 2 rings (SSSR count). The molecule has 0 aromatic heterocycles. The minimum atomic E-state index is -0.752. The minimum absolute atomic E-state index is 0.169. The van der Waals surface area contributed by atoms with Crippen LogP contribution in [0.4, 0.5) is 8.78 Å². The number of unbranched alkanes of at least 4 members (excludes halogenated alkanes) is 8. The average Bonchev–Trinajstić information content (AvgIpc) is 2.83. The van der Waals surface area contributed by atoms with Gasteiger partial charge in [0.2, 0.25) is 0 Å². The molecular formula is C29H40F2O. The number of hydrogen-bond donors (Lipinski definition) is 0. The van der Waals surface area contributed by atoms with E-state index >= 15 is 0 Å². The number of benzene rings is 2. The average molecular weight is 443 g/mol. The van der Waals surface area contributed by atoms with Gasteiger partial charge in [-0.25, -0.2) is 8.78 Å². The number of halogens is 2. The van der Waals surface area contributed by atoms with E-state index in [-0.39, 0.29) is 12.0 Å². The zero-order valence-electron chi connectivity index (χ0n) is 20.0. The predicted octanol–water partition coefficient (Wildman–Crippen LogP) is 9.75. The predicted molar refractivity (Wildman–Crippen MR) is 132 cm³/mol. The Balaban J connectivity index is 1.76. The molecule has 0 saturated heterocycles. The van der Waals surface area contributed by atoms with Gasteiger partial charge in [0, 0.05) is 12.0 Å². The molecule has 1 nitrogen and oxygen atoms in total. The fourth-order valence-electron chi connectivity index (χ4n) is 3.75. The van der Waals surface area contributed by atoms with Gasteiger partial charge in [-0.05, 0) is 54.7 Å². The lowest BCUT2D eigenvalue weighted by molar-refractivity contribution is 0.306. The Morgan fingerprint density at radius 1 is 0.656 bits per heavy atom. The van der Waals surface area contributed by atoms with Crippen molar-refractivity contribution < 1.29 is 13.5 Å². The normalized spacial score (nSPS) is 12.0. The highest BCUT2D eigenvalue weighted by Crippen LogP contribution is 2.27. The Labute approximate surface area is 193 Å². The summed E-state index contributed by atoms with van der Waals surface area (Å²) >= 11 is 0. The van der Waals surface area contributed by atoms with Crippen molar-refractivity contribution >= 4 is 5.83 Å². The van der Waals surface area contributed by atoms with E-state index in [9.17, 15) is 8.78 Å². The molecule has 0 aliphatic heterocycles. The molecule has 2 aromatic rings. The lowest BCUT2D eigenvalue weighted by Crippen LogP contribution is -1.96. The summed E-state index contributed by atoms with van der Waals surface area (Å²) in [6.07, 6.45) is 12.8. The van der Waals surface area contributed by atoms with Crippen LogP contribution in [0.5, 0.6) is 5.75 Å². The summed E-state index contributed by atoms with van der Waals surface area (Å²) < 4.78 is 34.3. The molecule has 2 aromatic carbocycles. The van der Waals surface area contributed by atoms with Crippen molar-refractivity contribution in [1.29, 1.82) is 0 Å². The van der Waals surface area contributed by atoms with Gasteiger partial charge in [0.15, 0.2) is 5.83 Å². The number of rotatable bonds is 16. The van der Waals surface area contributed by atoms with E-state index in [2.05, 4.69) is 38.1 Å². The van der Waals surface area contributed by atoms with Crippen LogP contribution in [0, 0.1) is 0 Å². The summed E-state index contributed by atoms with van der Waals surface area (Å²) in [4.78, 5) is 0. The third-order valence-electron chi connectivity index (χ3n) is 5.84. The van der Waals surface area contributed by atoms with Crippen LogP contribution in [-0.4, -0.2) is 0 Å². The van der Waals surface area contributed by atoms with Crippen molar-refractivity contribution in [3.63, 3.8) is 0 Å². The highest BCUT2D eigenvalue weighted by Gasteiger charge is 2.09. The lowest BCUT2D eigenvalue weighted by Gasteiger charge is -2.08. The molecule has 0 bridgehead atoms. The summed E-state index contributed by atoms with van der Waals surface area (Å²) in [7, 11) is 0. The van der Waals surface area contributed by atoms with Gasteiger partial charge in [-0.15, -0.1) is 0 Å². The van der Waals surface area contributed by atoms with Crippen molar-refractivity contribution in [2.75, 3.05) is 0 Å². The maximum atomic E-state index is 14.3. The van der Waals surface area contributed by atoms with Crippen LogP contribution in [0.25, 0.3) is 5.83 Å². The van der Waals surface area contributed by atoms with Gasteiger partial charge >= 0.3 is 0 Å². The van der Waals surface area contributed by atoms with Gasteiger partial charge in [-0.3, -0.25) is 0 Å². The molecule has 0 atom stereocenters. The second kappa shape index (κ2) is 15.6. The van der Waals surface area contributed by atoms with Gasteiger partial charge < -0.3 is 4.74 Å². The number of aryl methyl sites for hydroxylation is 1. The zero-order valence-corrected chi connectivity index (χ0v) is 20.0. The highest BCUT2D eigenvalue weighted by molar-refractivity contribution is 5.61. The van der Waals surface area contributed by atoms with Gasteiger partial charge in [-0.1, -0.05) is 89.5 Å². The number of allylic oxidation sites excluding steroid dienone is 1. The first kappa shape index (κ1) is 26.1. The molecule has 3 heteroatoms. The molecule has 0 spiro atoms. The number of hydrogen-bond acceptors (Lipinski definition) is 1. The Morgan fingerprint density at radius 2 is 1.22 bits per heavy atom. The molecule has 0 aliphatic rings. The molecule has 176 valence electrons. The van der Waals surface area contributed by atoms with E-state index in [4.69, 9.17) is 4.74 Å². The Hall–Kier alpha value is -2.16. The lowest BCUT2D eigenvalue weighted by atomic mass is 10.0. The molecular weight excluding hydrogens is 402 g/mol. The summed E-state index contributed by atoms with van der Waals surface area (Å²) in [5.41, 5.74) is 2.74. The van der Waals surface area contributed by atoms with Gasteiger partial charge in [0.25, 0.3) is 0 Å². The molecule has 0 saturated carbocycles. The van der Waals surface area contributed by atoms with Gasteiger partial charge in [-0.2, -0.15) is 0 Å². The Morgan fingerprint density at radius 3 is 1.84 bits per heavy atom. The molecule has 0 unspecified atom stereocenters. The van der Waals surface area contributed by atoms with E-state index in [0.717, 1.165) is 37.7 Å². The summed E-state index contributed by atoms with van der Waals surface area (Å²) in [5, 5.41) is 0. The smallest absolute Gasteiger partial charge is 0.161 e. The first-order valence-corrected chi connectivity index (χ1v) is 12.5. The van der Waals surface area contributed by atoms with E-state index < -0.39 is 11.7 Å². The minimum Gasteiger partial charge on any atom is -0.489 e. The van der Waals surface area contributed by atoms with Crippen LogP contribution in [0.15, 0.2) is 54.4 Å². The van der Waals surface area contributed by atoms with Crippen molar-refractivity contribution in [3.05, 3.63) is 71.0 Å². The van der Waals surface area contributed by atoms with Crippen molar-refractivity contribution in [2.45, 2.75) is 97.5 Å². The summed E-state index contributed by atoms with van der Waals surface area (Å²) in [6.45, 7) is 4.84. The van der Waals surface area contributed by atoms with Crippen LogP contribution in [-0.2, 0) is 13.0 Å². The van der Waals surface area contributed by atoms with Crippen molar-refractivity contribution in [3.8, 4) is 5.75 Å². The molecule has 0 fully saturated rings. The van der Waals surface area contributed by atoms with Crippen LogP contribution in [0.2, 0.25) is 0 Å². The third kappa shape index (κ3) is 9.97. The van der Waals surface area contributed by atoms with Gasteiger partial charge in [0.05, 0.1) is 0 Å². The molecule has 0 aliphatic carbocycles. The highest BCUT2D eigenvalue weighted by atomic mass is 19.2. The Kier molecular flexibility index (Phi) is 12.7. The van der Waals surface area contributed by atoms with Crippen molar-refractivity contribution in [1.82, 2.24) is 0 Å². The first-order valence-electron chi connectivity index (χ1n) is 12.5. The summed E-state index contributed by atoms with van der Waals surface area (Å²) in [6, 6.07) is 15.1. The molecule has 0 amide bonds. The molecule has 0 heterocycles. The van der Waals surface area contributed by atoms with Crippen LogP contribution < -0.4 is 4.74 Å². The second-order valence-electron chi connectivity index (χ2n) is 8.68. The maximum Gasteiger partial charge on any atom is 0.161 e.